The second-order valence-corrected chi connectivity index (χ2v) is 10.3. The molecule has 0 atom stereocenters. The topological polar surface area (TPSA) is 112 Å². The number of nitrogens with zero attached hydrogens (tertiary/aromatic N) is 5. The van der Waals surface area contributed by atoms with Crippen LogP contribution in [-0.4, -0.2) is 65.9 Å². The molecule has 4 aromatic rings. The molecule has 1 aliphatic carbocycles. The second kappa shape index (κ2) is 9.97. The highest BCUT2D eigenvalue weighted by atomic mass is 16.3. The van der Waals surface area contributed by atoms with Gasteiger partial charge in [-0.2, -0.15) is 10.1 Å². The van der Waals surface area contributed by atoms with Gasteiger partial charge < -0.3 is 19.9 Å². The lowest BCUT2D eigenvalue weighted by Gasteiger charge is -2.35. The largest absolute Gasteiger partial charge is 0.393 e. The summed E-state index contributed by atoms with van der Waals surface area (Å²) in [7, 11) is 0. The first-order chi connectivity index (χ1) is 18.1. The molecular weight excluding hydrogens is 466 g/mol. The average molecular weight is 500 g/mol. The third kappa shape index (κ3) is 4.71. The van der Waals surface area contributed by atoms with Gasteiger partial charge in [0.2, 0.25) is 11.9 Å². The Kier molecular flexibility index (Phi) is 6.38. The predicted octanol–water partition coefficient (Wildman–Crippen LogP) is 4.07. The third-order valence-electron chi connectivity index (χ3n) is 7.93. The number of aryl methyl sites for hydroxylation is 1. The fourth-order valence-corrected chi connectivity index (χ4v) is 5.79. The average Bonchev–Trinajstić information content (AvgIpc) is 3.55. The lowest BCUT2D eigenvalue weighted by Crippen LogP contribution is -2.44. The lowest BCUT2D eigenvalue weighted by molar-refractivity contribution is -0.138. The Morgan fingerprint density at radius 3 is 2.62 bits per heavy atom. The van der Waals surface area contributed by atoms with Crippen molar-refractivity contribution in [3.05, 3.63) is 54.6 Å². The number of H-pyrrole nitrogens is 1. The number of aromatic amines is 1. The van der Waals surface area contributed by atoms with Crippen LogP contribution in [0.15, 0.2) is 48.9 Å². The van der Waals surface area contributed by atoms with E-state index in [4.69, 9.17) is 4.98 Å². The molecule has 1 aliphatic heterocycles. The van der Waals surface area contributed by atoms with Crippen LogP contribution >= 0.6 is 0 Å². The van der Waals surface area contributed by atoms with E-state index in [1.54, 1.807) is 6.20 Å². The molecule has 6 rings (SSSR count). The first-order valence-electron chi connectivity index (χ1n) is 13.2. The number of aliphatic hydroxyl groups is 1. The molecule has 0 radical (unpaired) electrons. The van der Waals surface area contributed by atoms with Crippen molar-refractivity contribution < 1.29 is 9.90 Å². The Morgan fingerprint density at radius 2 is 1.86 bits per heavy atom. The number of carbonyl (C=O) groups excluding carboxylic acids is 1. The smallest absolute Gasteiger partial charge is 0.225 e. The van der Waals surface area contributed by atoms with Crippen molar-refractivity contribution in [1.82, 2.24) is 29.6 Å². The summed E-state index contributed by atoms with van der Waals surface area (Å²) >= 11 is 0. The second-order valence-electron chi connectivity index (χ2n) is 10.3. The molecule has 2 fully saturated rings. The summed E-state index contributed by atoms with van der Waals surface area (Å²) in [5.41, 5.74) is 4.36. The maximum atomic E-state index is 12.9. The number of carbonyl (C=O) groups is 1. The molecule has 9 nitrogen and oxygen atoms in total. The SMILES string of the molecule is Cc1[nH]ncc1-c1cccc2c1ccn2-c1ccnc(NC2CCC(C(=O)N3CCC(O)CC3)CC2)n1. The van der Waals surface area contributed by atoms with E-state index >= 15 is 0 Å². The van der Waals surface area contributed by atoms with Crippen molar-refractivity contribution in [2.75, 3.05) is 18.4 Å². The third-order valence-corrected chi connectivity index (χ3v) is 7.93. The molecule has 9 heteroatoms. The van der Waals surface area contributed by atoms with Crippen molar-refractivity contribution in [3.63, 3.8) is 0 Å². The van der Waals surface area contributed by atoms with Gasteiger partial charge in [0.15, 0.2) is 0 Å². The number of rotatable bonds is 5. The number of benzene rings is 1. The number of likely N-dealkylation sites (tertiary alicyclic amines) is 1. The van der Waals surface area contributed by atoms with Crippen molar-refractivity contribution in [3.8, 4) is 16.9 Å². The molecule has 2 aliphatic rings. The Hall–Kier alpha value is -3.72. The van der Waals surface area contributed by atoms with E-state index in [9.17, 15) is 9.90 Å². The number of nitrogens with one attached hydrogen (secondary N) is 2. The van der Waals surface area contributed by atoms with Gasteiger partial charge in [0.05, 0.1) is 17.8 Å². The standard InChI is InChI=1S/C28H33N7O2/c1-18-24(17-30-33-18)22-3-2-4-25-23(22)12-16-35(25)26-9-13-29-28(32-26)31-20-7-5-19(6-8-20)27(37)34-14-10-21(36)11-15-34/h2-4,9,12-13,16-17,19-21,36H,5-8,10-11,14-15H2,1H3,(H,30,33)(H,29,31,32). The highest BCUT2D eigenvalue weighted by molar-refractivity contribution is 5.96. The van der Waals surface area contributed by atoms with Crippen molar-refractivity contribution >= 4 is 22.8 Å². The molecule has 4 heterocycles. The van der Waals surface area contributed by atoms with Gasteiger partial charge >= 0.3 is 0 Å². The Balaban J connectivity index is 1.14. The van der Waals surface area contributed by atoms with Crippen molar-refractivity contribution in [2.45, 2.75) is 57.6 Å². The normalized spacial score (nSPS) is 20.9. The van der Waals surface area contributed by atoms with E-state index in [0.717, 1.165) is 59.2 Å². The van der Waals surface area contributed by atoms with Crippen LogP contribution in [0.4, 0.5) is 5.95 Å². The first kappa shape index (κ1) is 23.7. The minimum atomic E-state index is -0.257. The molecule has 1 saturated carbocycles. The molecular formula is C28H33N7O2. The van der Waals surface area contributed by atoms with Crippen molar-refractivity contribution in [2.24, 2.45) is 5.92 Å². The fourth-order valence-electron chi connectivity index (χ4n) is 5.79. The number of aliphatic hydroxyl groups excluding tert-OH is 1. The van der Waals surface area contributed by atoms with Crippen LogP contribution in [0, 0.1) is 12.8 Å². The van der Waals surface area contributed by atoms with E-state index in [-0.39, 0.29) is 24.0 Å². The van der Waals surface area contributed by atoms with Gasteiger partial charge in [-0.15, -0.1) is 0 Å². The zero-order valence-electron chi connectivity index (χ0n) is 21.1. The summed E-state index contributed by atoms with van der Waals surface area (Å²) in [4.78, 5) is 24.2. The first-order valence-corrected chi connectivity index (χ1v) is 13.2. The summed E-state index contributed by atoms with van der Waals surface area (Å²) in [5.74, 6) is 1.76. The molecule has 3 N–H and O–H groups in total. The maximum Gasteiger partial charge on any atom is 0.225 e. The monoisotopic (exact) mass is 499 g/mol. The highest BCUT2D eigenvalue weighted by Gasteiger charge is 2.31. The lowest BCUT2D eigenvalue weighted by atomic mass is 9.85. The molecule has 3 aromatic heterocycles. The number of hydrogen-bond acceptors (Lipinski definition) is 6. The van der Waals surface area contributed by atoms with E-state index in [0.29, 0.717) is 31.9 Å². The van der Waals surface area contributed by atoms with Gasteiger partial charge in [0.25, 0.3) is 0 Å². The maximum absolute atomic E-state index is 12.9. The zero-order valence-corrected chi connectivity index (χ0v) is 21.1. The zero-order chi connectivity index (χ0) is 25.4. The summed E-state index contributed by atoms with van der Waals surface area (Å²) in [6.07, 6.45) is 10.4. The van der Waals surface area contributed by atoms with E-state index < -0.39 is 0 Å². The van der Waals surface area contributed by atoms with Crippen LogP contribution in [0.5, 0.6) is 0 Å². The summed E-state index contributed by atoms with van der Waals surface area (Å²) < 4.78 is 2.09. The quantitative estimate of drug-likeness (QED) is 0.382. The Morgan fingerprint density at radius 1 is 1.05 bits per heavy atom. The van der Waals surface area contributed by atoms with Gasteiger partial charge in [0.1, 0.15) is 5.82 Å². The van der Waals surface area contributed by atoms with Gasteiger partial charge in [-0.05, 0) is 69.2 Å². The number of piperidine rings is 1. The summed E-state index contributed by atoms with van der Waals surface area (Å²) in [6, 6.07) is 10.6. The van der Waals surface area contributed by atoms with Gasteiger partial charge in [-0.25, -0.2) is 4.98 Å². The molecule has 0 spiro atoms. The molecule has 1 aromatic carbocycles. The van der Waals surface area contributed by atoms with Crippen molar-refractivity contribution in [1.29, 1.82) is 0 Å². The molecule has 1 amide bonds. The number of amides is 1. The van der Waals surface area contributed by atoms with E-state index in [2.05, 4.69) is 49.3 Å². The van der Waals surface area contributed by atoms with Crippen LogP contribution in [0.3, 0.4) is 0 Å². The predicted molar refractivity (Wildman–Crippen MR) is 142 cm³/mol. The Labute approximate surface area is 215 Å². The summed E-state index contributed by atoms with van der Waals surface area (Å²) in [5, 5.41) is 21.6. The number of anilines is 1. The molecule has 37 heavy (non-hydrogen) atoms. The van der Waals surface area contributed by atoms with Crippen LogP contribution < -0.4 is 5.32 Å². The minimum absolute atomic E-state index is 0.0832. The number of fused-ring (bicyclic) bond motifs is 1. The van der Waals surface area contributed by atoms with Crippen LogP contribution in [0.25, 0.3) is 27.8 Å². The molecule has 1 saturated heterocycles. The van der Waals surface area contributed by atoms with E-state index in [1.807, 2.05) is 30.3 Å². The van der Waals surface area contributed by atoms with Gasteiger partial charge in [0, 0.05) is 54.1 Å². The van der Waals surface area contributed by atoms with Gasteiger partial charge in [-0.1, -0.05) is 12.1 Å². The van der Waals surface area contributed by atoms with Crippen LogP contribution in [-0.2, 0) is 4.79 Å². The molecule has 192 valence electrons. The van der Waals surface area contributed by atoms with Crippen LogP contribution in [0.2, 0.25) is 0 Å². The van der Waals surface area contributed by atoms with Gasteiger partial charge in [-0.3, -0.25) is 9.89 Å². The summed E-state index contributed by atoms with van der Waals surface area (Å²) in [6.45, 7) is 3.38. The molecule has 0 bridgehead atoms. The van der Waals surface area contributed by atoms with E-state index in [1.165, 1.54) is 0 Å². The molecule has 0 unspecified atom stereocenters. The number of hydrogen-bond donors (Lipinski definition) is 3. The number of aromatic nitrogens is 5. The fraction of sp³-hybridized carbons (Fsp3) is 0.429. The Bertz CT molecular complexity index is 1390. The minimum Gasteiger partial charge on any atom is -0.393 e. The highest BCUT2D eigenvalue weighted by Crippen LogP contribution is 2.32. The van der Waals surface area contributed by atoms with Crippen LogP contribution in [0.1, 0.15) is 44.2 Å².